The first-order valence-electron chi connectivity index (χ1n) is 7.22. The molecule has 2 nitrogen and oxygen atoms in total. The second-order valence-electron chi connectivity index (χ2n) is 5.93. The smallest absolute Gasteiger partial charge is 0.156 e. The number of phenols is 1. The zero-order chi connectivity index (χ0) is 13.5. The highest BCUT2D eigenvalue weighted by molar-refractivity contribution is 6.04. The highest BCUT2D eigenvalue weighted by Crippen LogP contribution is 2.54. The molecule has 0 saturated heterocycles. The molecule has 0 aliphatic heterocycles. The van der Waals surface area contributed by atoms with Gasteiger partial charge in [-0.25, -0.2) is 0 Å². The van der Waals surface area contributed by atoms with E-state index in [0.717, 1.165) is 19.3 Å². The minimum atomic E-state index is 0.0804. The van der Waals surface area contributed by atoms with Gasteiger partial charge in [0.25, 0.3) is 0 Å². The van der Waals surface area contributed by atoms with E-state index in [1.165, 1.54) is 29.5 Å². The standard InChI is InChI=1S/C17H20O2/c1-2-3-7-17-8-6-12-9-13(18)4-5-15(12)16(17)10-14(19)11-17/h4-5,9-10,18H,2-3,6-8,11H2,1H3/t17-/m1/s1. The first kappa shape index (κ1) is 12.5. The number of aryl methyl sites for hydroxylation is 1. The number of phenolic OH excluding ortho intramolecular Hbond substituents is 1. The van der Waals surface area contributed by atoms with Crippen LogP contribution in [0.25, 0.3) is 5.57 Å². The monoisotopic (exact) mass is 256 g/mol. The molecule has 0 unspecified atom stereocenters. The van der Waals surface area contributed by atoms with Crippen molar-refractivity contribution in [2.24, 2.45) is 5.41 Å². The number of carbonyl (C=O) groups excluding carboxylic acids is 1. The van der Waals surface area contributed by atoms with E-state index in [9.17, 15) is 9.90 Å². The van der Waals surface area contributed by atoms with Gasteiger partial charge >= 0.3 is 0 Å². The summed E-state index contributed by atoms with van der Waals surface area (Å²) in [7, 11) is 0. The van der Waals surface area contributed by atoms with Crippen LogP contribution in [0.4, 0.5) is 0 Å². The van der Waals surface area contributed by atoms with Gasteiger partial charge in [-0.3, -0.25) is 4.79 Å². The fourth-order valence-electron chi connectivity index (χ4n) is 3.67. The van der Waals surface area contributed by atoms with Gasteiger partial charge < -0.3 is 5.11 Å². The van der Waals surface area contributed by atoms with Crippen LogP contribution in [0, 0.1) is 5.41 Å². The van der Waals surface area contributed by atoms with Gasteiger partial charge in [0.1, 0.15) is 5.75 Å². The molecule has 2 aliphatic carbocycles. The molecule has 1 aromatic carbocycles. The molecule has 1 aromatic rings. The summed E-state index contributed by atoms with van der Waals surface area (Å²) >= 11 is 0. The molecule has 2 aliphatic rings. The number of ketones is 1. The number of hydrogen-bond donors (Lipinski definition) is 1. The van der Waals surface area contributed by atoms with Gasteiger partial charge in [0.2, 0.25) is 0 Å². The summed E-state index contributed by atoms with van der Waals surface area (Å²) < 4.78 is 0. The molecule has 1 N–H and O–H groups in total. The van der Waals surface area contributed by atoms with Crippen molar-refractivity contribution in [1.29, 1.82) is 0 Å². The number of allylic oxidation sites excluding steroid dienone is 2. The summed E-state index contributed by atoms with van der Waals surface area (Å²) in [6.07, 6.45) is 8.01. The van der Waals surface area contributed by atoms with E-state index in [1.807, 2.05) is 18.2 Å². The van der Waals surface area contributed by atoms with Crippen LogP contribution in [0.1, 0.15) is 50.2 Å². The lowest BCUT2D eigenvalue weighted by Crippen LogP contribution is -2.26. The molecule has 0 bridgehead atoms. The van der Waals surface area contributed by atoms with Crippen molar-refractivity contribution in [2.75, 3.05) is 0 Å². The van der Waals surface area contributed by atoms with Crippen LogP contribution in [-0.4, -0.2) is 10.9 Å². The Morgan fingerprint density at radius 1 is 1.37 bits per heavy atom. The maximum absolute atomic E-state index is 11.9. The second kappa shape index (κ2) is 4.52. The van der Waals surface area contributed by atoms with E-state index in [0.29, 0.717) is 12.2 Å². The van der Waals surface area contributed by atoms with Crippen LogP contribution in [0.15, 0.2) is 24.3 Å². The molecule has 100 valence electrons. The SMILES string of the molecule is CCCC[C@]12CCc3cc(O)ccc3C1=CC(=O)C2. The van der Waals surface area contributed by atoms with Crippen molar-refractivity contribution >= 4 is 11.4 Å². The van der Waals surface area contributed by atoms with E-state index < -0.39 is 0 Å². The molecule has 0 heterocycles. The van der Waals surface area contributed by atoms with Crippen LogP contribution in [0.5, 0.6) is 5.75 Å². The molecule has 1 atom stereocenters. The Labute approximate surface area is 114 Å². The van der Waals surface area contributed by atoms with Gasteiger partial charge in [0, 0.05) is 11.8 Å². The quantitative estimate of drug-likeness (QED) is 0.891. The highest BCUT2D eigenvalue weighted by Gasteiger charge is 2.43. The predicted octanol–water partition coefficient (Wildman–Crippen LogP) is 3.87. The average Bonchev–Trinajstić information content (AvgIpc) is 2.73. The van der Waals surface area contributed by atoms with E-state index in [1.54, 1.807) is 6.07 Å². The van der Waals surface area contributed by atoms with Crippen LogP contribution < -0.4 is 0 Å². The van der Waals surface area contributed by atoms with Crippen LogP contribution in [0.3, 0.4) is 0 Å². The van der Waals surface area contributed by atoms with E-state index >= 15 is 0 Å². The molecular formula is C17H20O2. The molecule has 19 heavy (non-hydrogen) atoms. The third-order valence-corrected chi connectivity index (χ3v) is 4.65. The molecule has 3 rings (SSSR count). The number of unbranched alkanes of at least 4 members (excludes halogenated alkanes) is 1. The van der Waals surface area contributed by atoms with Gasteiger partial charge in [-0.1, -0.05) is 25.8 Å². The largest absolute Gasteiger partial charge is 0.508 e. The minimum Gasteiger partial charge on any atom is -0.508 e. The van der Waals surface area contributed by atoms with Crippen molar-refractivity contribution in [3.05, 3.63) is 35.4 Å². The predicted molar refractivity (Wildman–Crippen MR) is 76.0 cm³/mol. The van der Waals surface area contributed by atoms with Crippen LogP contribution >= 0.6 is 0 Å². The van der Waals surface area contributed by atoms with Crippen LogP contribution in [0.2, 0.25) is 0 Å². The number of rotatable bonds is 3. The zero-order valence-corrected chi connectivity index (χ0v) is 11.4. The minimum absolute atomic E-state index is 0.0804. The Balaban J connectivity index is 2.04. The summed E-state index contributed by atoms with van der Waals surface area (Å²) in [5.74, 6) is 0.594. The normalized spacial score (nSPS) is 24.9. The molecule has 0 radical (unpaired) electrons. The average molecular weight is 256 g/mol. The summed E-state index contributed by atoms with van der Waals surface area (Å²) in [5.41, 5.74) is 3.68. The summed E-state index contributed by atoms with van der Waals surface area (Å²) in [4.78, 5) is 11.9. The maximum Gasteiger partial charge on any atom is 0.156 e. The fraction of sp³-hybridized carbons (Fsp3) is 0.471. The lowest BCUT2D eigenvalue weighted by atomic mass is 9.66. The third-order valence-electron chi connectivity index (χ3n) is 4.65. The van der Waals surface area contributed by atoms with E-state index in [-0.39, 0.29) is 11.2 Å². The Kier molecular flexibility index (Phi) is 2.96. The highest BCUT2D eigenvalue weighted by atomic mass is 16.3. The van der Waals surface area contributed by atoms with E-state index in [4.69, 9.17) is 0 Å². The Morgan fingerprint density at radius 2 is 2.21 bits per heavy atom. The molecular weight excluding hydrogens is 236 g/mol. The molecule has 0 spiro atoms. The Bertz CT molecular complexity index is 556. The third kappa shape index (κ3) is 1.99. The maximum atomic E-state index is 11.9. The summed E-state index contributed by atoms with van der Waals surface area (Å²) in [6.45, 7) is 2.20. The molecule has 0 fully saturated rings. The van der Waals surface area contributed by atoms with Crippen molar-refractivity contribution in [1.82, 2.24) is 0 Å². The van der Waals surface area contributed by atoms with Crippen LogP contribution in [-0.2, 0) is 11.2 Å². The number of hydrogen-bond acceptors (Lipinski definition) is 2. The number of aromatic hydroxyl groups is 1. The molecule has 0 aromatic heterocycles. The number of fused-ring (bicyclic) bond motifs is 3. The molecule has 0 saturated carbocycles. The number of carbonyl (C=O) groups is 1. The lowest BCUT2D eigenvalue weighted by Gasteiger charge is -2.37. The van der Waals surface area contributed by atoms with Crippen molar-refractivity contribution < 1.29 is 9.90 Å². The molecule has 2 heteroatoms. The second-order valence-corrected chi connectivity index (χ2v) is 5.93. The van der Waals surface area contributed by atoms with Gasteiger partial charge in [0.15, 0.2) is 5.78 Å². The van der Waals surface area contributed by atoms with Gasteiger partial charge in [-0.05, 0) is 54.2 Å². The van der Waals surface area contributed by atoms with Gasteiger partial charge in [-0.2, -0.15) is 0 Å². The van der Waals surface area contributed by atoms with Gasteiger partial charge in [0.05, 0.1) is 0 Å². The number of benzene rings is 1. The summed E-state index contributed by atoms with van der Waals surface area (Å²) in [5, 5.41) is 9.60. The van der Waals surface area contributed by atoms with E-state index in [2.05, 4.69) is 6.92 Å². The topological polar surface area (TPSA) is 37.3 Å². The fourth-order valence-corrected chi connectivity index (χ4v) is 3.67. The first-order chi connectivity index (χ1) is 9.14. The van der Waals surface area contributed by atoms with Crippen molar-refractivity contribution in [3.63, 3.8) is 0 Å². The lowest BCUT2D eigenvalue weighted by molar-refractivity contribution is -0.115. The Hall–Kier alpha value is -1.57. The zero-order valence-electron chi connectivity index (χ0n) is 11.4. The Morgan fingerprint density at radius 3 is 3.00 bits per heavy atom. The van der Waals surface area contributed by atoms with Crippen molar-refractivity contribution in [2.45, 2.75) is 45.4 Å². The van der Waals surface area contributed by atoms with Gasteiger partial charge in [-0.15, -0.1) is 0 Å². The molecule has 0 amide bonds. The summed E-state index contributed by atoms with van der Waals surface area (Å²) in [6, 6.07) is 5.57. The van der Waals surface area contributed by atoms with Crippen molar-refractivity contribution in [3.8, 4) is 5.75 Å². The first-order valence-corrected chi connectivity index (χ1v) is 7.22.